The molecular formula is C16H14ClFN4O. The Balaban J connectivity index is 2.06. The fraction of sp³-hybridized carbons (Fsp3) is 0.188. The summed E-state index contributed by atoms with van der Waals surface area (Å²) in [5.41, 5.74) is 1.85. The van der Waals surface area contributed by atoms with Gasteiger partial charge in [0.2, 0.25) is 0 Å². The second kappa shape index (κ2) is 6.34. The molecule has 0 fully saturated rings. The van der Waals surface area contributed by atoms with Crippen LogP contribution in [0.25, 0.3) is 5.65 Å². The van der Waals surface area contributed by atoms with Gasteiger partial charge in [-0.2, -0.15) is 0 Å². The number of anilines is 1. The van der Waals surface area contributed by atoms with Gasteiger partial charge in [0.05, 0.1) is 11.4 Å². The normalized spacial score (nSPS) is 10.9. The molecule has 0 saturated carbocycles. The zero-order valence-electron chi connectivity index (χ0n) is 12.4. The second-order valence-electron chi connectivity index (χ2n) is 5.03. The van der Waals surface area contributed by atoms with Gasteiger partial charge in [0.15, 0.2) is 5.15 Å². The Kier molecular flexibility index (Phi) is 4.25. The predicted octanol–water partition coefficient (Wildman–Crippen LogP) is 3.73. The summed E-state index contributed by atoms with van der Waals surface area (Å²) in [5.74, 6) is -0.840. The summed E-state index contributed by atoms with van der Waals surface area (Å²) in [7, 11) is 0. The quantitative estimate of drug-likeness (QED) is 0.741. The highest BCUT2D eigenvalue weighted by Crippen LogP contribution is 2.21. The Hall–Kier alpha value is -2.47. The van der Waals surface area contributed by atoms with Crippen molar-refractivity contribution in [2.75, 3.05) is 5.32 Å². The topological polar surface area (TPSA) is 59.3 Å². The fourth-order valence-corrected chi connectivity index (χ4v) is 2.55. The number of nitrogens with one attached hydrogen (secondary N) is 1. The number of halogens is 2. The zero-order valence-corrected chi connectivity index (χ0v) is 13.1. The van der Waals surface area contributed by atoms with Gasteiger partial charge < -0.3 is 5.32 Å². The van der Waals surface area contributed by atoms with Gasteiger partial charge in [0.1, 0.15) is 17.2 Å². The summed E-state index contributed by atoms with van der Waals surface area (Å²) in [6.07, 6.45) is 4.22. The molecule has 5 nitrogen and oxygen atoms in total. The van der Waals surface area contributed by atoms with Crippen LogP contribution in [0.3, 0.4) is 0 Å². The van der Waals surface area contributed by atoms with Gasteiger partial charge in [0, 0.05) is 12.4 Å². The summed E-state index contributed by atoms with van der Waals surface area (Å²) >= 11 is 5.97. The van der Waals surface area contributed by atoms with Crippen molar-refractivity contribution >= 4 is 28.8 Å². The maximum Gasteiger partial charge on any atom is 0.274 e. The molecule has 0 radical (unpaired) electrons. The number of nitrogens with zero attached hydrogens (tertiary/aromatic N) is 3. The summed E-state index contributed by atoms with van der Waals surface area (Å²) in [6.45, 7) is 1.99. The van der Waals surface area contributed by atoms with E-state index in [0.29, 0.717) is 29.1 Å². The molecule has 0 aliphatic heterocycles. The van der Waals surface area contributed by atoms with E-state index in [0.717, 1.165) is 6.42 Å². The first-order valence-corrected chi connectivity index (χ1v) is 7.56. The molecule has 0 spiro atoms. The highest BCUT2D eigenvalue weighted by molar-refractivity contribution is 6.32. The molecule has 0 atom stereocenters. The first-order valence-electron chi connectivity index (χ1n) is 7.18. The number of imidazole rings is 1. The largest absolute Gasteiger partial charge is 0.318 e. The molecule has 3 rings (SSSR count). The van der Waals surface area contributed by atoms with Crippen molar-refractivity contribution in [3.05, 3.63) is 59.0 Å². The molecule has 1 amide bonds. The van der Waals surface area contributed by atoms with Crippen LogP contribution in [0.15, 0.2) is 36.7 Å². The van der Waals surface area contributed by atoms with E-state index in [1.165, 1.54) is 22.9 Å². The average molecular weight is 333 g/mol. The third kappa shape index (κ3) is 3.03. The maximum absolute atomic E-state index is 13.6. The molecule has 118 valence electrons. The number of aromatic nitrogens is 3. The molecule has 3 aromatic heterocycles. The van der Waals surface area contributed by atoms with Crippen LogP contribution in [-0.4, -0.2) is 20.3 Å². The molecule has 23 heavy (non-hydrogen) atoms. The van der Waals surface area contributed by atoms with Crippen LogP contribution < -0.4 is 5.32 Å². The van der Waals surface area contributed by atoms with Crippen molar-refractivity contribution in [3.63, 3.8) is 0 Å². The van der Waals surface area contributed by atoms with E-state index in [1.807, 2.05) is 6.92 Å². The van der Waals surface area contributed by atoms with Gasteiger partial charge >= 0.3 is 0 Å². The van der Waals surface area contributed by atoms with Gasteiger partial charge in [-0.15, -0.1) is 0 Å². The number of hydrogen-bond acceptors (Lipinski definition) is 3. The van der Waals surface area contributed by atoms with Crippen LogP contribution in [0, 0.1) is 5.82 Å². The van der Waals surface area contributed by atoms with E-state index < -0.39 is 11.7 Å². The zero-order chi connectivity index (χ0) is 16.4. The SMILES string of the molecule is CCCc1nc2ccc(F)cn2c1C(=O)Nc1cccnc1Cl. The van der Waals surface area contributed by atoms with Gasteiger partial charge in [-0.25, -0.2) is 14.4 Å². The number of carbonyl (C=O) groups excluding carboxylic acids is 1. The third-order valence-corrected chi connectivity index (χ3v) is 3.66. The van der Waals surface area contributed by atoms with E-state index in [-0.39, 0.29) is 5.15 Å². The molecule has 0 saturated heterocycles. The van der Waals surface area contributed by atoms with Gasteiger partial charge in [0.25, 0.3) is 5.91 Å². The van der Waals surface area contributed by atoms with Crippen LogP contribution in [0.5, 0.6) is 0 Å². The van der Waals surface area contributed by atoms with Crippen molar-refractivity contribution in [1.29, 1.82) is 0 Å². The number of rotatable bonds is 4. The van der Waals surface area contributed by atoms with Crippen molar-refractivity contribution in [3.8, 4) is 0 Å². The second-order valence-corrected chi connectivity index (χ2v) is 5.39. The number of hydrogen-bond donors (Lipinski definition) is 1. The molecular weight excluding hydrogens is 319 g/mol. The standard InChI is InChI=1S/C16H14ClFN4O/c1-2-4-11-14(22-9-10(18)6-7-13(22)20-11)16(23)21-12-5-3-8-19-15(12)17/h3,5-9H,2,4H2,1H3,(H,21,23). The molecule has 0 aliphatic rings. The van der Waals surface area contributed by atoms with Crippen LogP contribution in [0.2, 0.25) is 5.15 Å². The van der Waals surface area contributed by atoms with Crippen molar-refractivity contribution in [1.82, 2.24) is 14.4 Å². The fourth-order valence-electron chi connectivity index (χ4n) is 2.38. The minimum atomic E-state index is -0.439. The highest BCUT2D eigenvalue weighted by Gasteiger charge is 2.20. The van der Waals surface area contributed by atoms with Crippen molar-refractivity contribution < 1.29 is 9.18 Å². The smallest absolute Gasteiger partial charge is 0.274 e. The minimum absolute atomic E-state index is 0.192. The van der Waals surface area contributed by atoms with Gasteiger partial charge in [-0.3, -0.25) is 9.20 Å². The summed E-state index contributed by atoms with van der Waals surface area (Å²) in [4.78, 5) is 21.0. The Morgan fingerprint density at radius 3 is 2.96 bits per heavy atom. The lowest BCUT2D eigenvalue weighted by Gasteiger charge is -2.08. The Labute approximate surface area is 137 Å². The molecule has 0 aromatic carbocycles. The number of pyridine rings is 2. The first-order chi connectivity index (χ1) is 11.1. The monoisotopic (exact) mass is 332 g/mol. The Morgan fingerprint density at radius 2 is 2.22 bits per heavy atom. The Bertz CT molecular complexity index is 878. The van der Waals surface area contributed by atoms with E-state index >= 15 is 0 Å². The summed E-state index contributed by atoms with van der Waals surface area (Å²) < 4.78 is 15.0. The van der Waals surface area contributed by atoms with Crippen LogP contribution in [0.1, 0.15) is 29.5 Å². The van der Waals surface area contributed by atoms with Crippen LogP contribution in [0.4, 0.5) is 10.1 Å². The minimum Gasteiger partial charge on any atom is -0.318 e. The average Bonchev–Trinajstić information content (AvgIpc) is 2.87. The first kappa shape index (κ1) is 15.4. The molecule has 7 heteroatoms. The van der Waals surface area contributed by atoms with E-state index in [9.17, 15) is 9.18 Å². The molecule has 1 N–H and O–H groups in total. The number of amides is 1. The highest BCUT2D eigenvalue weighted by atomic mass is 35.5. The number of aryl methyl sites for hydroxylation is 1. The third-order valence-electron chi connectivity index (χ3n) is 3.36. The van der Waals surface area contributed by atoms with Crippen molar-refractivity contribution in [2.45, 2.75) is 19.8 Å². The number of carbonyl (C=O) groups is 1. The molecule has 3 aromatic rings. The van der Waals surface area contributed by atoms with Gasteiger partial charge in [-0.1, -0.05) is 24.9 Å². The predicted molar refractivity (Wildman–Crippen MR) is 86.3 cm³/mol. The molecule has 0 unspecified atom stereocenters. The maximum atomic E-state index is 13.6. The number of fused-ring (bicyclic) bond motifs is 1. The lowest BCUT2D eigenvalue weighted by molar-refractivity contribution is 0.102. The van der Waals surface area contributed by atoms with E-state index in [1.54, 1.807) is 18.2 Å². The van der Waals surface area contributed by atoms with Crippen LogP contribution >= 0.6 is 11.6 Å². The van der Waals surface area contributed by atoms with Crippen LogP contribution in [-0.2, 0) is 6.42 Å². The lowest BCUT2D eigenvalue weighted by Crippen LogP contribution is -2.17. The molecule has 3 heterocycles. The summed E-state index contributed by atoms with van der Waals surface area (Å²) in [6, 6.07) is 6.18. The van der Waals surface area contributed by atoms with Gasteiger partial charge in [-0.05, 0) is 30.7 Å². The van der Waals surface area contributed by atoms with E-state index in [4.69, 9.17) is 11.6 Å². The molecule has 0 bridgehead atoms. The summed E-state index contributed by atoms with van der Waals surface area (Å²) in [5, 5.41) is 2.90. The lowest BCUT2D eigenvalue weighted by atomic mass is 10.2. The molecule has 0 aliphatic carbocycles. The Morgan fingerprint density at radius 1 is 1.39 bits per heavy atom. The van der Waals surface area contributed by atoms with E-state index in [2.05, 4.69) is 15.3 Å². The van der Waals surface area contributed by atoms with Crippen molar-refractivity contribution in [2.24, 2.45) is 0 Å².